The van der Waals surface area contributed by atoms with E-state index < -0.39 is 7.89 Å². The average Bonchev–Trinajstić information content (AvgIpc) is 0.503. The van der Waals surface area contributed by atoms with E-state index in [0.29, 0.717) is 0 Å². The summed E-state index contributed by atoms with van der Waals surface area (Å²) in [5.74, 6) is 0. The standard InChI is InChI=1S/4ClH.4H2N.2Pt/h4*1H;4*1H2;;/q;;;;4*-1;;+8/p-4. The summed E-state index contributed by atoms with van der Waals surface area (Å²) in [6, 6.07) is 0. The Bertz CT molecular complexity index is 150. The first-order valence-electron chi connectivity index (χ1n) is 1.21. The van der Waals surface area contributed by atoms with Crippen LogP contribution in [-0.2, 0) is 29.0 Å². The van der Waals surface area contributed by atoms with Gasteiger partial charge in [0.2, 0.25) is 0 Å². The molecule has 0 saturated carbocycles. The van der Waals surface area contributed by atoms with E-state index in [1.54, 1.807) is 0 Å². The molecule has 0 aromatic heterocycles. The molecule has 0 aromatic carbocycles. The molecule has 0 aromatic rings. The van der Waals surface area contributed by atoms with Crippen molar-refractivity contribution in [2.45, 2.75) is 0 Å². The van der Waals surface area contributed by atoms with Crippen LogP contribution >= 0.6 is 37.7 Å². The van der Waals surface area contributed by atoms with Gasteiger partial charge in [0.1, 0.15) is 0 Å². The fourth-order valence-corrected chi connectivity index (χ4v) is 0. The molecule has 0 bridgehead atoms. The minimum absolute atomic E-state index is 0. The zero-order valence-electron chi connectivity index (χ0n) is 4.45. The van der Waals surface area contributed by atoms with Crippen LogP contribution in [0, 0.1) is 0 Å². The quantitative estimate of drug-likeness (QED) is 0.325. The van der Waals surface area contributed by atoms with Crippen LogP contribution in [0.15, 0.2) is 0 Å². The van der Waals surface area contributed by atoms with E-state index in [1.807, 2.05) is 0 Å². The molecule has 10 heavy (non-hydrogen) atoms. The summed E-state index contributed by atoms with van der Waals surface area (Å²) >= 11 is 0. The molecule has 0 rings (SSSR count). The zero-order valence-corrected chi connectivity index (χ0v) is 12.0. The van der Waals surface area contributed by atoms with Crippen molar-refractivity contribution in [2.24, 2.45) is 17.2 Å². The van der Waals surface area contributed by atoms with Gasteiger partial charge in [0.05, 0.1) is 0 Å². The number of nitrogens with two attached hydrogens (primary N) is 4. The second-order valence-corrected chi connectivity index (χ2v) is 52.3. The molecule has 0 amide bonds. The predicted molar refractivity (Wildman–Crippen MR) is 40.2 cm³/mol. The topological polar surface area (TPSA) is 104 Å². The summed E-state index contributed by atoms with van der Waals surface area (Å²) in [6.45, 7) is 0. The van der Waals surface area contributed by atoms with Gasteiger partial charge in [-0.1, -0.05) is 0 Å². The van der Waals surface area contributed by atoms with E-state index in [4.69, 9.17) is 54.8 Å². The van der Waals surface area contributed by atoms with Crippen LogP contribution < -0.4 is 17.2 Å². The van der Waals surface area contributed by atoms with Gasteiger partial charge in [0.25, 0.3) is 0 Å². The third kappa shape index (κ3) is 162. The molecule has 0 fully saturated rings. The molecule has 0 atom stereocenters. The molecule has 76 valence electrons. The third-order valence-corrected chi connectivity index (χ3v) is 0. The van der Waals surface area contributed by atoms with Gasteiger partial charge >= 0.3 is 62.7 Å². The summed E-state index contributed by atoms with van der Waals surface area (Å²) in [7, 11) is 13.2. The number of hydrogen-bond donors (Lipinski definition) is 4. The number of rotatable bonds is 0. The maximum atomic E-state index is 5.12. The smallest absolute Gasteiger partial charge is 0 e. The van der Waals surface area contributed by atoms with Crippen LogP contribution in [0.2, 0.25) is 0 Å². The fraction of sp³-hybridized carbons (Fsp3) is 0. The first-order chi connectivity index (χ1) is 2.83. The van der Waals surface area contributed by atoms with Crippen LogP contribution in [0.1, 0.15) is 0 Å². The van der Waals surface area contributed by atoms with E-state index in [1.165, 1.54) is 0 Å². The molecule has 10 heteroatoms. The van der Waals surface area contributed by atoms with Crippen molar-refractivity contribution in [1.82, 2.24) is 0 Å². The Kier molecular flexibility index (Phi) is 1.97. The Morgan fingerprint density at radius 3 is 0.700 bits per heavy atom. The van der Waals surface area contributed by atoms with E-state index in [9.17, 15) is 0 Å². The van der Waals surface area contributed by atoms with Gasteiger partial charge in [-0.05, 0) is 0 Å². The summed E-state index contributed by atoms with van der Waals surface area (Å²) in [6.07, 6.45) is 0. The second-order valence-electron chi connectivity index (χ2n) is 2.01. The Hall–Kier alpha value is 2.38. The van der Waals surface area contributed by atoms with Gasteiger partial charge < -0.3 is 0 Å². The Morgan fingerprint density at radius 2 is 0.700 bits per heavy atom. The second kappa shape index (κ2) is 1.33. The van der Waals surface area contributed by atoms with Crippen molar-refractivity contribution in [3.8, 4) is 0 Å². The van der Waals surface area contributed by atoms with Gasteiger partial charge in [-0.3, -0.25) is 0 Å². The van der Waals surface area contributed by atoms with E-state index >= 15 is 0 Å². The molecule has 0 heterocycles. The maximum absolute atomic E-state index is 7.32. The third-order valence-electron chi connectivity index (χ3n) is 0. The largest absolute Gasteiger partial charge is 0 e. The Labute approximate surface area is 82.7 Å². The molecular formula is H8Cl4N4Pt2. The molecule has 4 nitrogen and oxygen atoms in total. The molecule has 0 aliphatic rings. The summed E-state index contributed by atoms with van der Waals surface area (Å²) in [5, 5.41) is 0. The molecular weight excluding hydrogens is 588 g/mol. The first-order valence-corrected chi connectivity index (χ1v) is 17.7. The Balaban J connectivity index is 0. The number of hydrogen-bond acceptors (Lipinski definition) is 4. The van der Waals surface area contributed by atoms with Crippen molar-refractivity contribution < 1.29 is 29.0 Å². The maximum Gasteiger partial charge on any atom is 0 e. The normalized spacial score (nSPS) is 28.0. The minimum Gasteiger partial charge on any atom is 0 e. The molecule has 0 spiro atoms. The van der Waals surface area contributed by atoms with Crippen LogP contribution in [0.25, 0.3) is 0 Å². The van der Waals surface area contributed by atoms with Gasteiger partial charge in [-0.15, -0.1) is 0 Å². The van der Waals surface area contributed by atoms with Gasteiger partial charge in [-0.2, -0.15) is 0 Å². The Morgan fingerprint density at radius 1 is 0.700 bits per heavy atom. The van der Waals surface area contributed by atoms with Gasteiger partial charge in [-0.25, -0.2) is 0 Å². The first kappa shape index (κ1) is 14.9. The SMILES string of the molecule is [NH2][Pt]([NH2])([NH2])([NH2])([Cl])([Cl])([Cl])[Cl].[Pt]. The van der Waals surface area contributed by atoms with Crippen molar-refractivity contribution in [1.29, 1.82) is 0 Å². The van der Waals surface area contributed by atoms with Gasteiger partial charge in [0.15, 0.2) is 0 Å². The van der Waals surface area contributed by atoms with Crippen molar-refractivity contribution >= 4 is 37.7 Å². The molecule has 0 radical (unpaired) electrons. The van der Waals surface area contributed by atoms with Crippen molar-refractivity contribution in [3.05, 3.63) is 0 Å². The van der Waals surface area contributed by atoms with Crippen molar-refractivity contribution in [2.75, 3.05) is 0 Å². The average molecular weight is 596 g/mol. The van der Waals surface area contributed by atoms with Gasteiger partial charge in [0, 0.05) is 21.1 Å². The fourth-order valence-electron chi connectivity index (χ4n) is 0. The van der Waals surface area contributed by atoms with Crippen LogP contribution in [0.5, 0.6) is 0 Å². The van der Waals surface area contributed by atoms with Crippen LogP contribution in [0.3, 0.4) is 0 Å². The summed E-state index contributed by atoms with van der Waals surface area (Å²) in [4.78, 5) is 0. The summed E-state index contributed by atoms with van der Waals surface area (Å²) in [5.41, 5.74) is 0. The molecule has 0 aliphatic carbocycles. The molecule has 0 saturated heterocycles. The number of halogens is 4. The monoisotopic (exact) mass is 594 g/mol. The van der Waals surface area contributed by atoms with Crippen LogP contribution in [0.4, 0.5) is 0 Å². The minimum atomic E-state index is -7.32. The zero-order chi connectivity index (χ0) is 8.35. The molecule has 8 N–H and O–H groups in total. The predicted octanol–water partition coefficient (Wildman–Crippen LogP) is 0.391. The van der Waals surface area contributed by atoms with E-state index in [0.717, 1.165) is 0 Å². The van der Waals surface area contributed by atoms with Crippen molar-refractivity contribution in [3.63, 3.8) is 0 Å². The molecule has 0 unspecified atom stereocenters. The summed E-state index contributed by atoms with van der Waals surface area (Å²) < 4.78 is 19.5. The van der Waals surface area contributed by atoms with Crippen LogP contribution in [-0.4, -0.2) is 0 Å². The van der Waals surface area contributed by atoms with E-state index in [-0.39, 0.29) is 21.1 Å². The molecule has 0 aliphatic heterocycles. The van der Waals surface area contributed by atoms with E-state index in [2.05, 4.69) is 0 Å².